The number of hydrogen-bond donors (Lipinski definition) is 2. The van der Waals surface area contributed by atoms with Gasteiger partial charge >= 0.3 is 5.97 Å². The standard InChI is InChI=1S/C8H15NO2S.ClH.H2O/c1-7(2)5(6(10)11)9-8(3,4)12-7;;/h5,9H,1-4H3,(H,10,11);1H;1H2/p-1. The SMILES string of the molecule is CC1(C)NC(C(=O)O)C(C)(C)S1.O.[Cl-]. The van der Waals surface area contributed by atoms with Gasteiger partial charge in [-0.3, -0.25) is 10.1 Å². The lowest BCUT2D eigenvalue weighted by Gasteiger charge is -2.21. The van der Waals surface area contributed by atoms with Gasteiger partial charge in [-0.25, -0.2) is 0 Å². The van der Waals surface area contributed by atoms with Crippen LogP contribution in [0.5, 0.6) is 0 Å². The number of aliphatic carboxylic acids is 1. The first-order chi connectivity index (χ1) is 5.25. The molecule has 0 aromatic rings. The number of rotatable bonds is 1. The average molecular weight is 243 g/mol. The summed E-state index contributed by atoms with van der Waals surface area (Å²) in [5.74, 6) is -0.766. The first-order valence-corrected chi connectivity index (χ1v) is 4.77. The Labute approximate surface area is 94.6 Å². The van der Waals surface area contributed by atoms with Gasteiger partial charge in [0.25, 0.3) is 0 Å². The summed E-state index contributed by atoms with van der Waals surface area (Å²) in [6.45, 7) is 7.92. The van der Waals surface area contributed by atoms with E-state index in [1.165, 1.54) is 0 Å². The summed E-state index contributed by atoms with van der Waals surface area (Å²) in [6, 6.07) is -0.447. The molecule has 1 aliphatic rings. The first kappa shape index (κ1) is 16.5. The van der Waals surface area contributed by atoms with Crippen LogP contribution in [0.1, 0.15) is 27.7 Å². The van der Waals surface area contributed by atoms with Crippen molar-refractivity contribution in [3.8, 4) is 0 Å². The van der Waals surface area contributed by atoms with Gasteiger partial charge in [-0.15, -0.1) is 11.8 Å². The number of carbonyl (C=O) groups is 1. The van der Waals surface area contributed by atoms with Gasteiger partial charge in [-0.2, -0.15) is 0 Å². The fraction of sp³-hybridized carbons (Fsp3) is 0.875. The van der Waals surface area contributed by atoms with Crippen molar-refractivity contribution < 1.29 is 27.8 Å². The van der Waals surface area contributed by atoms with Gasteiger partial charge in [0.1, 0.15) is 6.04 Å². The van der Waals surface area contributed by atoms with Gasteiger partial charge in [0.2, 0.25) is 0 Å². The van der Waals surface area contributed by atoms with Crippen molar-refractivity contribution in [2.45, 2.75) is 43.4 Å². The summed E-state index contributed by atoms with van der Waals surface area (Å²) in [6.07, 6.45) is 0. The summed E-state index contributed by atoms with van der Waals surface area (Å²) in [5.41, 5.74) is 0. The summed E-state index contributed by atoms with van der Waals surface area (Å²) < 4.78 is -0.227. The maximum Gasteiger partial charge on any atom is 0.322 e. The Morgan fingerprint density at radius 1 is 1.36 bits per heavy atom. The highest BCUT2D eigenvalue weighted by molar-refractivity contribution is 8.02. The molecule has 4 N–H and O–H groups in total. The zero-order valence-electron chi connectivity index (χ0n) is 8.72. The molecular weight excluding hydrogens is 226 g/mol. The van der Waals surface area contributed by atoms with E-state index in [1.54, 1.807) is 11.8 Å². The van der Waals surface area contributed by atoms with E-state index in [0.29, 0.717) is 0 Å². The molecular formula is C8H17ClNO3S-. The van der Waals surface area contributed by atoms with Crippen LogP contribution >= 0.6 is 11.8 Å². The molecule has 0 bridgehead atoms. The molecule has 4 nitrogen and oxygen atoms in total. The van der Waals surface area contributed by atoms with E-state index in [4.69, 9.17) is 5.11 Å². The molecule has 0 radical (unpaired) electrons. The Kier molecular flexibility index (Phi) is 5.53. The number of hydrogen-bond acceptors (Lipinski definition) is 3. The minimum atomic E-state index is -0.766. The van der Waals surface area contributed by atoms with Gasteiger partial charge < -0.3 is 23.0 Å². The summed E-state index contributed by atoms with van der Waals surface area (Å²) >= 11 is 1.67. The van der Waals surface area contributed by atoms with Crippen LogP contribution in [0.3, 0.4) is 0 Å². The second-order valence-corrected chi connectivity index (χ2v) is 6.41. The first-order valence-electron chi connectivity index (χ1n) is 3.95. The minimum Gasteiger partial charge on any atom is -1.00 e. The van der Waals surface area contributed by atoms with Crippen LogP contribution in [0, 0.1) is 0 Å². The second kappa shape index (κ2) is 4.70. The molecule has 1 heterocycles. The number of halogens is 1. The molecule has 14 heavy (non-hydrogen) atoms. The van der Waals surface area contributed by atoms with Gasteiger partial charge in [-0.05, 0) is 27.7 Å². The van der Waals surface area contributed by atoms with Crippen molar-refractivity contribution in [1.29, 1.82) is 0 Å². The molecule has 1 rings (SSSR count). The predicted molar refractivity (Wildman–Crippen MR) is 53.9 cm³/mol. The molecule has 6 heteroatoms. The smallest absolute Gasteiger partial charge is 0.322 e. The van der Waals surface area contributed by atoms with E-state index in [1.807, 2.05) is 27.7 Å². The van der Waals surface area contributed by atoms with Crippen molar-refractivity contribution in [1.82, 2.24) is 5.32 Å². The summed E-state index contributed by atoms with van der Waals surface area (Å²) in [5, 5.41) is 12.0. The van der Waals surface area contributed by atoms with Crippen LogP contribution < -0.4 is 17.7 Å². The predicted octanol–water partition coefficient (Wildman–Crippen LogP) is -2.53. The Morgan fingerprint density at radius 2 is 1.79 bits per heavy atom. The molecule has 0 amide bonds. The van der Waals surface area contributed by atoms with Crippen LogP contribution in [0.15, 0.2) is 0 Å². The number of thioether (sulfide) groups is 1. The van der Waals surface area contributed by atoms with E-state index in [2.05, 4.69) is 5.32 Å². The van der Waals surface area contributed by atoms with Gasteiger partial charge in [0.05, 0.1) is 4.87 Å². The summed E-state index contributed by atoms with van der Waals surface area (Å²) in [4.78, 5) is 10.7. The van der Waals surface area contributed by atoms with Gasteiger partial charge in [0.15, 0.2) is 0 Å². The van der Waals surface area contributed by atoms with Crippen LogP contribution in [0.2, 0.25) is 0 Å². The number of nitrogens with one attached hydrogen (secondary N) is 1. The Morgan fingerprint density at radius 3 is 1.93 bits per heavy atom. The molecule has 0 aromatic heterocycles. The molecule has 0 saturated carbocycles. The van der Waals surface area contributed by atoms with Crippen LogP contribution in [0.4, 0.5) is 0 Å². The lowest BCUT2D eigenvalue weighted by atomic mass is 10.0. The zero-order valence-corrected chi connectivity index (χ0v) is 10.3. The highest BCUT2D eigenvalue weighted by Gasteiger charge is 2.48. The zero-order chi connectivity index (χ0) is 9.57. The highest BCUT2D eigenvalue weighted by Crippen LogP contribution is 2.43. The van der Waals surface area contributed by atoms with Crippen molar-refractivity contribution in [3.05, 3.63) is 0 Å². The third-order valence-corrected chi connectivity index (χ3v) is 3.34. The second-order valence-electron chi connectivity index (χ2n) is 4.13. The van der Waals surface area contributed by atoms with E-state index in [9.17, 15) is 4.79 Å². The summed E-state index contributed by atoms with van der Waals surface area (Å²) in [7, 11) is 0. The fourth-order valence-corrected chi connectivity index (χ4v) is 3.40. The van der Waals surface area contributed by atoms with Crippen molar-refractivity contribution >= 4 is 17.7 Å². The molecule has 1 unspecified atom stereocenters. The Balaban J connectivity index is 0. The maximum absolute atomic E-state index is 10.8. The highest BCUT2D eigenvalue weighted by atomic mass is 35.5. The van der Waals surface area contributed by atoms with Crippen LogP contribution in [-0.4, -0.2) is 32.2 Å². The van der Waals surface area contributed by atoms with Crippen LogP contribution in [-0.2, 0) is 4.79 Å². The lowest BCUT2D eigenvalue weighted by molar-refractivity contribution is -0.140. The maximum atomic E-state index is 10.8. The third-order valence-electron chi connectivity index (χ3n) is 1.95. The van der Waals surface area contributed by atoms with Gasteiger partial charge in [0, 0.05) is 4.75 Å². The molecule has 1 saturated heterocycles. The topological polar surface area (TPSA) is 80.8 Å². The molecule has 1 aliphatic heterocycles. The average Bonchev–Trinajstić information content (AvgIpc) is 1.99. The van der Waals surface area contributed by atoms with Crippen LogP contribution in [0.25, 0.3) is 0 Å². The van der Waals surface area contributed by atoms with Crippen molar-refractivity contribution in [2.75, 3.05) is 0 Å². The van der Waals surface area contributed by atoms with Crippen molar-refractivity contribution in [2.24, 2.45) is 0 Å². The van der Waals surface area contributed by atoms with E-state index in [-0.39, 0.29) is 27.5 Å². The van der Waals surface area contributed by atoms with E-state index in [0.717, 1.165) is 0 Å². The van der Waals surface area contributed by atoms with Gasteiger partial charge in [-0.1, -0.05) is 0 Å². The van der Waals surface area contributed by atoms with Crippen molar-refractivity contribution in [3.63, 3.8) is 0 Å². The molecule has 0 aromatic carbocycles. The molecule has 0 aliphatic carbocycles. The molecule has 0 spiro atoms. The monoisotopic (exact) mass is 242 g/mol. The number of carboxylic acids is 1. The number of carboxylic acid groups (broad SMARTS) is 1. The largest absolute Gasteiger partial charge is 1.00 e. The van der Waals surface area contributed by atoms with E-state index >= 15 is 0 Å². The Hall–Kier alpha value is 0.0300. The Bertz CT molecular complexity index is 221. The third kappa shape index (κ3) is 3.31. The van der Waals surface area contributed by atoms with E-state index < -0.39 is 12.0 Å². The molecule has 86 valence electrons. The minimum absolute atomic E-state index is 0. The normalized spacial score (nSPS) is 27.3. The molecule has 1 fully saturated rings. The quantitative estimate of drug-likeness (QED) is 0.532. The molecule has 1 atom stereocenters. The fourth-order valence-electron chi connectivity index (χ4n) is 1.63. The lowest BCUT2D eigenvalue weighted by Crippen LogP contribution is -3.00.